The van der Waals surface area contributed by atoms with Crippen LogP contribution in [0.25, 0.3) is 10.2 Å². The Kier molecular flexibility index (Phi) is 5.96. The van der Waals surface area contributed by atoms with Crippen molar-refractivity contribution in [3.05, 3.63) is 47.0 Å². The summed E-state index contributed by atoms with van der Waals surface area (Å²) < 4.78 is 11.7. The highest BCUT2D eigenvalue weighted by Crippen LogP contribution is 2.34. The number of ether oxygens (including phenoxy) is 2. The van der Waals surface area contributed by atoms with Crippen LogP contribution in [0.15, 0.2) is 36.4 Å². The van der Waals surface area contributed by atoms with Crippen LogP contribution >= 0.6 is 22.9 Å². The van der Waals surface area contributed by atoms with E-state index >= 15 is 0 Å². The van der Waals surface area contributed by atoms with Crippen LogP contribution in [0.1, 0.15) is 30.1 Å². The van der Waals surface area contributed by atoms with Crippen molar-refractivity contribution in [3.8, 4) is 11.5 Å². The maximum absolute atomic E-state index is 12.4. The summed E-state index contributed by atoms with van der Waals surface area (Å²) in [5, 5.41) is 3.82. The molecule has 0 saturated carbocycles. The first-order valence-electron chi connectivity index (χ1n) is 8.29. The van der Waals surface area contributed by atoms with Crippen molar-refractivity contribution < 1.29 is 14.3 Å². The predicted molar refractivity (Wildman–Crippen MR) is 106 cm³/mol. The number of unbranched alkanes of at least 4 members (excludes halogenated alkanes) is 1. The van der Waals surface area contributed by atoms with Gasteiger partial charge >= 0.3 is 0 Å². The lowest BCUT2D eigenvalue weighted by Gasteiger charge is -2.06. The fourth-order valence-corrected chi connectivity index (χ4v) is 3.45. The zero-order chi connectivity index (χ0) is 18.5. The van der Waals surface area contributed by atoms with Crippen LogP contribution < -0.4 is 14.8 Å². The first-order chi connectivity index (χ1) is 12.6. The van der Waals surface area contributed by atoms with Crippen LogP contribution in [0.2, 0.25) is 5.02 Å². The van der Waals surface area contributed by atoms with Gasteiger partial charge in [0, 0.05) is 11.6 Å². The molecule has 0 bridgehead atoms. The van der Waals surface area contributed by atoms with Crippen molar-refractivity contribution >= 4 is 44.2 Å². The van der Waals surface area contributed by atoms with E-state index in [1.165, 1.54) is 11.3 Å². The van der Waals surface area contributed by atoms with Gasteiger partial charge in [-0.05, 0) is 36.8 Å². The number of nitrogens with one attached hydrogen (secondary N) is 1. The van der Waals surface area contributed by atoms with Crippen molar-refractivity contribution in [1.82, 2.24) is 4.98 Å². The molecule has 1 heterocycles. The normalized spacial score (nSPS) is 10.7. The third-order valence-electron chi connectivity index (χ3n) is 3.77. The van der Waals surface area contributed by atoms with Crippen LogP contribution in [0, 0.1) is 0 Å². The minimum absolute atomic E-state index is 0.220. The molecule has 3 rings (SSSR count). The van der Waals surface area contributed by atoms with Crippen LogP contribution in [0.3, 0.4) is 0 Å². The molecule has 7 heteroatoms. The van der Waals surface area contributed by atoms with Crippen molar-refractivity contribution in [3.63, 3.8) is 0 Å². The van der Waals surface area contributed by atoms with E-state index in [-0.39, 0.29) is 5.91 Å². The second-order valence-corrected chi connectivity index (χ2v) is 7.09. The van der Waals surface area contributed by atoms with Crippen LogP contribution in [-0.2, 0) is 0 Å². The Bertz CT molecular complexity index is 909. The number of carbonyl (C=O) groups is 1. The number of nitrogens with zero attached hydrogens (tertiary/aromatic N) is 1. The highest BCUT2D eigenvalue weighted by molar-refractivity contribution is 7.22. The summed E-state index contributed by atoms with van der Waals surface area (Å²) in [6, 6.07) is 10.6. The summed E-state index contributed by atoms with van der Waals surface area (Å²) in [6.07, 6.45) is 2.09. The van der Waals surface area contributed by atoms with Gasteiger partial charge in [-0.2, -0.15) is 0 Å². The van der Waals surface area contributed by atoms with Gasteiger partial charge in [0.2, 0.25) is 0 Å². The van der Waals surface area contributed by atoms with Crippen molar-refractivity contribution in [1.29, 1.82) is 0 Å². The third kappa shape index (κ3) is 4.26. The van der Waals surface area contributed by atoms with Gasteiger partial charge in [-0.1, -0.05) is 36.3 Å². The molecule has 1 aromatic heterocycles. The summed E-state index contributed by atoms with van der Waals surface area (Å²) in [5.74, 6) is 1.12. The fourth-order valence-electron chi connectivity index (χ4n) is 2.35. The van der Waals surface area contributed by atoms with E-state index in [0.717, 1.165) is 28.8 Å². The number of halogens is 1. The highest BCUT2D eigenvalue weighted by Gasteiger charge is 2.12. The molecule has 0 radical (unpaired) electrons. The van der Waals surface area contributed by atoms with Gasteiger partial charge < -0.3 is 9.47 Å². The Labute approximate surface area is 160 Å². The number of rotatable bonds is 7. The lowest BCUT2D eigenvalue weighted by Crippen LogP contribution is -2.11. The molecular formula is C19H19ClN2O3S. The van der Waals surface area contributed by atoms with E-state index < -0.39 is 0 Å². The predicted octanol–water partition coefficient (Wildman–Crippen LogP) is 5.39. The summed E-state index contributed by atoms with van der Waals surface area (Å²) in [4.78, 5) is 16.8. The summed E-state index contributed by atoms with van der Waals surface area (Å²) >= 11 is 7.48. The molecule has 3 aromatic rings. The molecule has 0 unspecified atom stereocenters. The first-order valence-corrected chi connectivity index (χ1v) is 9.48. The summed E-state index contributed by atoms with van der Waals surface area (Å²) in [7, 11) is 1.56. The van der Waals surface area contributed by atoms with Gasteiger partial charge in [-0.25, -0.2) is 4.98 Å². The van der Waals surface area contributed by atoms with Gasteiger partial charge in [-0.3, -0.25) is 10.1 Å². The highest BCUT2D eigenvalue weighted by atomic mass is 35.5. The van der Waals surface area contributed by atoms with Crippen molar-refractivity contribution in [2.45, 2.75) is 19.8 Å². The Balaban J connectivity index is 1.70. The van der Waals surface area contributed by atoms with E-state index in [4.69, 9.17) is 21.1 Å². The quantitative estimate of drug-likeness (QED) is 0.549. The van der Waals surface area contributed by atoms with Crippen LogP contribution in [0.4, 0.5) is 5.13 Å². The topological polar surface area (TPSA) is 60.5 Å². The second kappa shape index (κ2) is 8.38. The van der Waals surface area contributed by atoms with Crippen molar-refractivity contribution in [2.75, 3.05) is 19.0 Å². The minimum Gasteiger partial charge on any atom is -0.495 e. The van der Waals surface area contributed by atoms with Gasteiger partial charge in [-0.15, -0.1) is 0 Å². The van der Waals surface area contributed by atoms with Gasteiger partial charge in [0.05, 0.1) is 29.0 Å². The molecule has 0 atom stereocenters. The molecule has 136 valence electrons. The van der Waals surface area contributed by atoms with E-state index in [0.29, 0.717) is 28.1 Å². The zero-order valence-corrected chi connectivity index (χ0v) is 16.1. The largest absolute Gasteiger partial charge is 0.495 e. The van der Waals surface area contributed by atoms with Crippen LogP contribution in [0.5, 0.6) is 11.5 Å². The average Bonchev–Trinajstić information content (AvgIpc) is 3.02. The van der Waals surface area contributed by atoms with Gasteiger partial charge in [0.15, 0.2) is 5.13 Å². The number of anilines is 1. The summed E-state index contributed by atoms with van der Waals surface area (Å²) in [6.45, 7) is 2.79. The van der Waals surface area contributed by atoms with Crippen LogP contribution in [-0.4, -0.2) is 24.6 Å². The number of carbonyl (C=O) groups excluding carboxylic acids is 1. The SMILES string of the molecule is CCCCOc1ccc(C(=O)Nc2nc3cc(Cl)c(OC)cc3s2)cc1. The van der Waals surface area contributed by atoms with E-state index in [9.17, 15) is 4.79 Å². The lowest BCUT2D eigenvalue weighted by atomic mass is 10.2. The Morgan fingerprint density at radius 3 is 2.73 bits per heavy atom. The van der Waals surface area contributed by atoms with Gasteiger partial charge in [0.1, 0.15) is 11.5 Å². The summed E-state index contributed by atoms with van der Waals surface area (Å²) in [5.41, 5.74) is 1.26. The average molecular weight is 391 g/mol. The number of thiazole rings is 1. The molecule has 0 aliphatic heterocycles. The van der Waals surface area contributed by atoms with E-state index in [2.05, 4.69) is 17.2 Å². The molecule has 0 fully saturated rings. The molecule has 0 aliphatic carbocycles. The molecule has 0 aliphatic rings. The fraction of sp³-hybridized carbons (Fsp3) is 0.263. The number of hydrogen-bond acceptors (Lipinski definition) is 5. The smallest absolute Gasteiger partial charge is 0.257 e. The second-order valence-electron chi connectivity index (χ2n) is 5.65. The number of benzene rings is 2. The van der Waals surface area contributed by atoms with Gasteiger partial charge in [0.25, 0.3) is 5.91 Å². The number of methoxy groups -OCH3 is 1. The zero-order valence-electron chi connectivity index (χ0n) is 14.5. The van der Waals surface area contributed by atoms with E-state index in [1.54, 1.807) is 37.4 Å². The molecule has 26 heavy (non-hydrogen) atoms. The Morgan fingerprint density at radius 1 is 1.27 bits per heavy atom. The third-order valence-corrected chi connectivity index (χ3v) is 4.99. The molecule has 5 nitrogen and oxygen atoms in total. The first kappa shape index (κ1) is 18.5. The molecular weight excluding hydrogens is 372 g/mol. The maximum atomic E-state index is 12.4. The Hall–Kier alpha value is -2.31. The number of aromatic nitrogens is 1. The number of fused-ring (bicyclic) bond motifs is 1. The molecule has 1 amide bonds. The molecule has 1 N–H and O–H groups in total. The standard InChI is InChI=1S/C19H19ClN2O3S/c1-3-4-9-25-13-7-5-12(6-8-13)18(23)22-19-21-15-10-14(20)16(24-2)11-17(15)26-19/h5-8,10-11H,3-4,9H2,1-2H3,(H,21,22,23). The Morgan fingerprint density at radius 2 is 2.04 bits per heavy atom. The lowest BCUT2D eigenvalue weighted by molar-refractivity contribution is 0.102. The molecule has 0 saturated heterocycles. The minimum atomic E-state index is -0.220. The van der Waals surface area contributed by atoms with E-state index in [1.807, 2.05) is 6.07 Å². The number of hydrogen-bond donors (Lipinski definition) is 1. The molecule has 2 aromatic carbocycles. The van der Waals surface area contributed by atoms with Crippen molar-refractivity contribution in [2.24, 2.45) is 0 Å². The monoisotopic (exact) mass is 390 g/mol. The molecule has 0 spiro atoms. The number of amides is 1. The maximum Gasteiger partial charge on any atom is 0.257 e.